The van der Waals surface area contributed by atoms with Gasteiger partial charge in [-0.1, -0.05) is 29.3 Å². The number of nitrogens with zero attached hydrogens (tertiary/aromatic N) is 1. The molecule has 0 aliphatic heterocycles. The number of hydrazone groups is 1. The summed E-state index contributed by atoms with van der Waals surface area (Å²) in [5.41, 5.74) is 3.19. The molecule has 0 saturated heterocycles. The second-order valence-electron chi connectivity index (χ2n) is 5.24. The first-order valence-corrected chi connectivity index (χ1v) is 8.46. The third kappa shape index (κ3) is 6.16. The average molecular weight is 410 g/mol. The summed E-state index contributed by atoms with van der Waals surface area (Å²) >= 11 is 11.8. The van der Waals surface area contributed by atoms with Gasteiger partial charge in [0.2, 0.25) is 0 Å². The van der Waals surface area contributed by atoms with Crippen molar-refractivity contribution in [1.82, 2.24) is 10.7 Å². The van der Waals surface area contributed by atoms with E-state index >= 15 is 0 Å². The molecule has 2 aromatic carbocycles. The highest BCUT2D eigenvalue weighted by molar-refractivity contribution is 6.36. The van der Waals surface area contributed by atoms with E-state index in [-0.39, 0.29) is 6.54 Å². The van der Waals surface area contributed by atoms with E-state index in [9.17, 15) is 9.59 Å². The van der Waals surface area contributed by atoms with Crippen molar-refractivity contribution in [1.29, 1.82) is 0 Å². The van der Waals surface area contributed by atoms with Crippen LogP contribution in [0.3, 0.4) is 0 Å². The van der Waals surface area contributed by atoms with Gasteiger partial charge in [0.15, 0.2) is 0 Å². The second kappa shape index (κ2) is 9.80. The molecule has 7 nitrogen and oxygen atoms in total. The lowest BCUT2D eigenvalue weighted by Gasteiger charge is -2.08. The molecule has 0 radical (unpaired) electrons. The number of benzene rings is 2. The highest BCUT2D eigenvalue weighted by atomic mass is 35.5. The summed E-state index contributed by atoms with van der Waals surface area (Å²) < 4.78 is 10.2. The Morgan fingerprint density at radius 2 is 1.74 bits per heavy atom. The largest absolute Gasteiger partial charge is 0.497 e. The van der Waals surface area contributed by atoms with Crippen LogP contribution in [0, 0.1) is 0 Å². The molecule has 0 aromatic heterocycles. The summed E-state index contributed by atoms with van der Waals surface area (Å²) in [5, 5.41) is 7.19. The van der Waals surface area contributed by atoms with Crippen molar-refractivity contribution in [3.8, 4) is 11.5 Å². The van der Waals surface area contributed by atoms with Crippen LogP contribution in [0.5, 0.6) is 11.5 Å². The fourth-order valence-corrected chi connectivity index (χ4v) is 2.48. The highest BCUT2D eigenvalue weighted by Gasteiger charge is 2.11. The predicted molar refractivity (Wildman–Crippen MR) is 104 cm³/mol. The molecule has 0 fully saturated rings. The predicted octanol–water partition coefficient (Wildman–Crippen LogP) is 2.89. The Balaban J connectivity index is 1.89. The minimum absolute atomic E-state index is 0.260. The number of carbonyl (C=O) groups is 2. The summed E-state index contributed by atoms with van der Waals surface area (Å²) in [6.45, 7) is -0.260. The molecule has 0 aliphatic rings. The van der Waals surface area contributed by atoms with Crippen molar-refractivity contribution < 1.29 is 19.1 Å². The zero-order chi connectivity index (χ0) is 19.8. The lowest BCUT2D eigenvalue weighted by molar-refractivity contribution is -0.120. The molecule has 9 heteroatoms. The van der Waals surface area contributed by atoms with Gasteiger partial charge in [-0.15, -0.1) is 0 Å². The van der Waals surface area contributed by atoms with Crippen LogP contribution in [0.4, 0.5) is 0 Å². The normalized spacial score (nSPS) is 10.5. The molecule has 2 N–H and O–H groups in total. The lowest BCUT2D eigenvalue weighted by atomic mass is 10.2. The van der Waals surface area contributed by atoms with E-state index in [1.807, 2.05) is 0 Å². The monoisotopic (exact) mass is 409 g/mol. The van der Waals surface area contributed by atoms with Gasteiger partial charge in [0.25, 0.3) is 11.8 Å². The minimum atomic E-state index is -0.500. The summed E-state index contributed by atoms with van der Waals surface area (Å²) in [5.74, 6) is -0.0200. The number of hydrogen-bond acceptors (Lipinski definition) is 5. The number of amides is 2. The maximum Gasteiger partial charge on any atom is 0.259 e. The SMILES string of the molecule is COc1cc(OC)cc(C(=O)NCC(=O)N/N=C\c2ccc(Cl)cc2Cl)c1. The number of nitrogens with one attached hydrogen (secondary N) is 2. The second-order valence-corrected chi connectivity index (χ2v) is 6.09. The Kier molecular flexibility index (Phi) is 7.45. The Labute approximate surface area is 166 Å². The van der Waals surface area contributed by atoms with Crippen LogP contribution in [0.1, 0.15) is 15.9 Å². The molecule has 0 heterocycles. The van der Waals surface area contributed by atoms with Gasteiger partial charge in [-0.05, 0) is 24.3 Å². The smallest absolute Gasteiger partial charge is 0.259 e. The van der Waals surface area contributed by atoms with Gasteiger partial charge < -0.3 is 14.8 Å². The van der Waals surface area contributed by atoms with Crippen LogP contribution in [0.15, 0.2) is 41.5 Å². The maximum atomic E-state index is 12.2. The number of methoxy groups -OCH3 is 2. The fraction of sp³-hybridized carbons (Fsp3) is 0.167. The number of ether oxygens (including phenoxy) is 2. The number of halogens is 2. The van der Waals surface area contributed by atoms with Crippen LogP contribution in [-0.2, 0) is 4.79 Å². The quantitative estimate of drug-likeness (QED) is 0.543. The standard InChI is InChI=1S/C18H17Cl2N3O4/c1-26-14-5-12(6-15(8-14)27-2)18(25)21-10-17(24)23-22-9-11-3-4-13(19)7-16(11)20/h3-9H,10H2,1-2H3,(H,21,25)(H,23,24)/b22-9-. The van der Waals surface area contributed by atoms with E-state index in [0.29, 0.717) is 32.7 Å². The van der Waals surface area contributed by atoms with Crippen molar-refractivity contribution in [2.24, 2.45) is 5.10 Å². The van der Waals surface area contributed by atoms with Gasteiger partial charge in [-0.3, -0.25) is 9.59 Å². The number of hydrogen-bond donors (Lipinski definition) is 2. The minimum Gasteiger partial charge on any atom is -0.497 e. The van der Waals surface area contributed by atoms with E-state index in [2.05, 4.69) is 15.8 Å². The van der Waals surface area contributed by atoms with E-state index in [1.54, 1.807) is 24.3 Å². The molecule has 0 saturated carbocycles. The Hall–Kier alpha value is -2.77. The summed E-state index contributed by atoms with van der Waals surface area (Å²) in [6, 6.07) is 9.60. The molecule has 0 bridgehead atoms. The first kappa shape index (κ1) is 20.5. The van der Waals surface area contributed by atoms with Crippen LogP contribution < -0.4 is 20.2 Å². The third-order valence-corrected chi connectivity index (χ3v) is 3.94. The van der Waals surface area contributed by atoms with Crippen LogP contribution in [0.2, 0.25) is 10.0 Å². The van der Waals surface area contributed by atoms with Crippen molar-refractivity contribution in [3.05, 3.63) is 57.6 Å². The third-order valence-electron chi connectivity index (χ3n) is 3.38. The number of rotatable bonds is 7. The summed E-state index contributed by atoms with van der Waals surface area (Å²) in [6.07, 6.45) is 1.38. The van der Waals surface area contributed by atoms with Crippen molar-refractivity contribution in [2.75, 3.05) is 20.8 Å². The Morgan fingerprint density at radius 3 is 2.33 bits per heavy atom. The molecular weight excluding hydrogens is 393 g/mol. The van der Waals surface area contributed by atoms with Crippen molar-refractivity contribution in [3.63, 3.8) is 0 Å². The van der Waals surface area contributed by atoms with Crippen LogP contribution >= 0.6 is 23.2 Å². The number of carbonyl (C=O) groups excluding carboxylic acids is 2. The molecule has 0 atom stereocenters. The average Bonchev–Trinajstić information content (AvgIpc) is 2.67. The molecular formula is C18H17Cl2N3O4. The fourth-order valence-electron chi connectivity index (χ4n) is 2.02. The molecule has 2 rings (SSSR count). The van der Waals surface area contributed by atoms with E-state index < -0.39 is 11.8 Å². The maximum absolute atomic E-state index is 12.2. The van der Waals surface area contributed by atoms with Crippen molar-refractivity contribution in [2.45, 2.75) is 0 Å². The van der Waals surface area contributed by atoms with Gasteiger partial charge >= 0.3 is 0 Å². The lowest BCUT2D eigenvalue weighted by Crippen LogP contribution is -2.34. The van der Waals surface area contributed by atoms with Gasteiger partial charge in [-0.2, -0.15) is 5.10 Å². The van der Waals surface area contributed by atoms with Crippen LogP contribution in [-0.4, -0.2) is 38.8 Å². The van der Waals surface area contributed by atoms with Crippen LogP contribution in [0.25, 0.3) is 0 Å². The first-order chi connectivity index (χ1) is 12.9. The molecule has 142 valence electrons. The van der Waals surface area contributed by atoms with Gasteiger partial charge in [0, 0.05) is 22.2 Å². The van der Waals surface area contributed by atoms with Crippen molar-refractivity contribution >= 4 is 41.2 Å². The Bertz CT molecular complexity index is 849. The highest BCUT2D eigenvalue weighted by Crippen LogP contribution is 2.22. The molecule has 0 unspecified atom stereocenters. The zero-order valence-corrected chi connectivity index (χ0v) is 16.1. The summed E-state index contributed by atoms with van der Waals surface area (Å²) in [4.78, 5) is 24.0. The zero-order valence-electron chi connectivity index (χ0n) is 14.6. The van der Waals surface area contributed by atoms with E-state index in [0.717, 1.165) is 0 Å². The van der Waals surface area contributed by atoms with E-state index in [4.69, 9.17) is 32.7 Å². The van der Waals surface area contributed by atoms with Gasteiger partial charge in [-0.25, -0.2) is 5.43 Å². The molecule has 2 aromatic rings. The molecule has 0 spiro atoms. The van der Waals surface area contributed by atoms with E-state index in [1.165, 1.54) is 32.6 Å². The summed E-state index contributed by atoms with van der Waals surface area (Å²) in [7, 11) is 2.96. The molecule has 27 heavy (non-hydrogen) atoms. The van der Waals surface area contributed by atoms with Gasteiger partial charge in [0.05, 0.1) is 32.0 Å². The Morgan fingerprint density at radius 1 is 1.07 bits per heavy atom. The molecule has 2 amide bonds. The molecule has 0 aliphatic carbocycles. The van der Waals surface area contributed by atoms with Gasteiger partial charge in [0.1, 0.15) is 11.5 Å². The topological polar surface area (TPSA) is 89.0 Å². The first-order valence-electron chi connectivity index (χ1n) is 7.71.